The van der Waals surface area contributed by atoms with Crippen LogP contribution < -0.4 is 4.31 Å². The van der Waals surface area contributed by atoms with Crippen molar-refractivity contribution in [3.63, 3.8) is 0 Å². The van der Waals surface area contributed by atoms with Gasteiger partial charge in [0.1, 0.15) is 28.8 Å². The van der Waals surface area contributed by atoms with E-state index in [1.54, 1.807) is 18.2 Å². The summed E-state index contributed by atoms with van der Waals surface area (Å²) in [5, 5.41) is 0.610. The lowest BCUT2D eigenvalue weighted by molar-refractivity contribution is -0.155. The van der Waals surface area contributed by atoms with Crippen LogP contribution in [0.4, 0.5) is 10.1 Å². The molecule has 11 heteroatoms. The van der Waals surface area contributed by atoms with Crippen molar-refractivity contribution >= 4 is 54.3 Å². The number of carbonyl (C=O) groups is 1. The SMILES string of the molecule is CCCc1nc2cc(N(Cc3nc4ccccc4s3)S(=O)(=O)c3ccc(F)cc3)ccc2n1CC(=O)OC(C)(C)C. The molecule has 214 valence electrons. The van der Waals surface area contributed by atoms with E-state index in [4.69, 9.17) is 9.72 Å². The largest absolute Gasteiger partial charge is 0.459 e. The fraction of sp³-hybridized carbons (Fsp3) is 0.300. The van der Waals surface area contributed by atoms with Gasteiger partial charge in [0, 0.05) is 6.42 Å². The molecule has 0 spiro atoms. The Morgan fingerprint density at radius 3 is 2.44 bits per heavy atom. The number of esters is 1. The van der Waals surface area contributed by atoms with Crippen molar-refractivity contribution in [2.75, 3.05) is 4.31 Å². The molecule has 41 heavy (non-hydrogen) atoms. The summed E-state index contributed by atoms with van der Waals surface area (Å²) in [7, 11) is -4.10. The first-order valence-corrected chi connectivity index (χ1v) is 15.5. The fourth-order valence-electron chi connectivity index (χ4n) is 4.58. The molecule has 0 unspecified atom stereocenters. The van der Waals surface area contributed by atoms with Gasteiger partial charge in [-0.25, -0.2) is 22.8 Å². The normalized spacial score (nSPS) is 12.2. The molecule has 0 bridgehead atoms. The number of carbonyl (C=O) groups excluding carboxylic acids is 1. The van der Waals surface area contributed by atoms with Gasteiger partial charge in [-0.15, -0.1) is 11.3 Å². The number of aryl methyl sites for hydroxylation is 1. The highest BCUT2D eigenvalue weighted by molar-refractivity contribution is 7.92. The van der Waals surface area contributed by atoms with Crippen LogP contribution in [0.5, 0.6) is 0 Å². The molecule has 0 atom stereocenters. The number of hydrogen-bond acceptors (Lipinski definition) is 7. The summed E-state index contributed by atoms with van der Waals surface area (Å²) in [4.78, 5) is 22.1. The van der Waals surface area contributed by atoms with Crippen LogP contribution in [0.2, 0.25) is 0 Å². The van der Waals surface area contributed by atoms with E-state index >= 15 is 0 Å². The minimum absolute atomic E-state index is 0.00819. The maximum Gasteiger partial charge on any atom is 0.326 e. The van der Waals surface area contributed by atoms with Crippen molar-refractivity contribution in [3.8, 4) is 0 Å². The van der Waals surface area contributed by atoms with Crippen molar-refractivity contribution in [1.82, 2.24) is 14.5 Å². The van der Waals surface area contributed by atoms with Crippen molar-refractivity contribution in [1.29, 1.82) is 0 Å². The van der Waals surface area contributed by atoms with Gasteiger partial charge in [0.05, 0.1) is 38.4 Å². The maximum absolute atomic E-state index is 13.9. The third-order valence-corrected chi connectivity index (χ3v) is 9.11. The highest BCUT2D eigenvalue weighted by Gasteiger charge is 2.28. The lowest BCUT2D eigenvalue weighted by atomic mass is 10.2. The molecule has 0 amide bonds. The quantitative estimate of drug-likeness (QED) is 0.182. The number of hydrogen-bond donors (Lipinski definition) is 0. The van der Waals surface area contributed by atoms with Gasteiger partial charge in [-0.05, 0) is 81.8 Å². The Balaban J connectivity index is 1.59. The Morgan fingerprint density at radius 1 is 1.02 bits per heavy atom. The van der Waals surface area contributed by atoms with Gasteiger partial charge in [-0.1, -0.05) is 19.1 Å². The second-order valence-electron chi connectivity index (χ2n) is 10.7. The molecule has 0 aliphatic carbocycles. The third-order valence-electron chi connectivity index (χ3n) is 6.30. The standard InChI is InChI=1S/C30H31FN4O4S2/c1-5-8-27-32-24-17-21(13-16-25(24)34(27)19-29(36)39-30(2,3)4)35(41(37,38)22-14-11-20(31)12-15-22)18-28-33-23-9-6-7-10-26(23)40-28/h6-7,9-17H,5,8,18-19H2,1-4H3. The topological polar surface area (TPSA) is 94.4 Å². The van der Waals surface area contributed by atoms with Crippen molar-refractivity contribution in [3.05, 3.63) is 83.4 Å². The summed E-state index contributed by atoms with van der Waals surface area (Å²) in [5.41, 5.74) is 1.79. The van der Waals surface area contributed by atoms with Gasteiger partial charge in [-0.3, -0.25) is 9.10 Å². The van der Waals surface area contributed by atoms with Crippen LogP contribution in [0.1, 0.15) is 44.9 Å². The second-order valence-corrected chi connectivity index (χ2v) is 13.6. The molecule has 0 aliphatic rings. The zero-order valence-corrected chi connectivity index (χ0v) is 24.9. The number of ether oxygens (including phenoxy) is 1. The molecule has 8 nitrogen and oxygen atoms in total. The molecule has 2 aromatic heterocycles. The van der Waals surface area contributed by atoms with Crippen LogP contribution in [0.15, 0.2) is 71.6 Å². The molecule has 3 aromatic carbocycles. The smallest absolute Gasteiger partial charge is 0.326 e. The number of thiazole rings is 1. The molecule has 2 heterocycles. The van der Waals surface area contributed by atoms with Crippen LogP contribution >= 0.6 is 11.3 Å². The summed E-state index contributed by atoms with van der Waals surface area (Å²) in [6, 6.07) is 17.5. The highest BCUT2D eigenvalue weighted by Crippen LogP contribution is 2.32. The number of fused-ring (bicyclic) bond motifs is 2. The summed E-state index contributed by atoms with van der Waals surface area (Å²) in [6.07, 6.45) is 1.45. The molecule has 0 N–H and O–H groups in total. The lowest BCUT2D eigenvalue weighted by Crippen LogP contribution is -2.30. The van der Waals surface area contributed by atoms with Crippen molar-refractivity contribution in [2.45, 2.75) is 64.1 Å². The number of nitrogens with zero attached hydrogens (tertiary/aromatic N) is 4. The molecule has 0 radical (unpaired) electrons. The van der Waals surface area contributed by atoms with Gasteiger partial charge < -0.3 is 9.30 Å². The Bertz CT molecular complexity index is 1790. The number of imidazole rings is 1. The van der Waals surface area contributed by atoms with Gasteiger partial charge in [0.25, 0.3) is 10.0 Å². The van der Waals surface area contributed by atoms with E-state index in [1.807, 2.05) is 56.5 Å². The first-order valence-electron chi connectivity index (χ1n) is 13.3. The number of halogens is 1. The lowest BCUT2D eigenvalue weighted by Gasteiger charge is -2.24. The molecular formula is C30H31FN4O4S2. The summed E-state index contributed by atoms with van der Waals surface area (Å²) >= 11 is 1.41. The first-order chi connectivity index (χ1) is 19.4. The van der Waals surface area contributed by atoms with Gasteiger partial charge in [0.15, 0.2) is 0 Å². The summed E-state index contributed by atoms with van der Waals surface area (Å²) in [6.45, 7) is 7.45. The van der Waals surface area contributed by atoms with E-state index in [2.05, 4.69) is 4.98 Å². The van der Waals surface area contributed by atoms with Gasteiger partial charge >= 0.3 is 5.97 Å². The molecule has 5 rings (SSSR count). The summed E-state index contributed by atoms with van der Waals surface area (Å²) in [5.74, 6) is -0.193. The van der Waals surface area contributed by atoms with E-state index in [-0.39, 0.29) is 24.0 Å². The van der Waals surface area contributed by atoms with Crippen LogP contribution in [-0.4, -0.2) is 34.5 Å². The zero-order valence-electron chi connectivity index (χ0n) is 23.3. The summed E-state index contributed by atoms with van der Waals surface area (Å²) < 4.78 is 51.1. The number of rotatable bonds is 9. The third kappa shape index (κ3) is 6.25. The monoisotopic (exact) mass is 594 g/mol. The van der Waals surface area contributed by atoms with E-state index in [9.17, 15) is 17.6 Å². The molecular weight excluding hydrogens is 563 g/mol. The van der Waals surface area contributed by atoms with Crippen LogP contribution in [-0.2, 0) is 39.1 Å². The van der Waals surface area contributed by atoms with E-state index < -0.39 is 21.4 Å². The molecule has 0 fully saturated rings. The number of sulfonamides is 1. The average Bonchev–Trinajstić information content (AvgIpc) is 3.47. The highest BCUT2D eigenvalue weighted by atomic mass is 32.2. The van der Waals surface area contributed by atoms with Crippen molar-refractivity contribution < 1.29 is 22.3 Å². The minimum Gasteiger partial charge on any atom is -0.459 e. The van der Waals surface area contributed by atoms with Crippen LogP contribution in [0.25, 0.3) is 21.3 Å². The van der Waals surface area contributed by atoms with Gasteiger partial charge in [0.2, 0.25) is 0 Å². The number of para-hydroxylation sites is 1. The Labute approximate surface area is 242 Å². The molecule has 0 saturated carbocycles. The zero-order chi connectivity index (χ0) is 29.4. The van der Waals surface area contributed by atoms with E-state index in [0.717, 1.165) is 28.8 Å². The van der Waals surface area contributed by atoms with E-state index in [0.29, 0.717) is 34.0 Å². The average molecular weight is 595 g/mol. The minimum atomic E-state index is -4.10. The molecule has 0 aliphatic heterocycles. The Kier molecular flexibility index (Phi) is 7.85. The van der Waals surface area contributed by atoms with E-state index in [1.165, 1.54) is 27.8 Å². The Hall–Kier alpha value is -3.83. The van der Waals surface area contributed by atoms with Crippen LogP contribution in [0, 0.1) is 5.82 Å². The number of anilines is 1. The predicted molar refractivity (Wildman–Crippen MR) is 159 cm³/mol. The fourth-order valence-corrected chi connectivity index (χ4v) is 7.03. The van der Waals surface area contributed by atoms with Crippen molar-refractivity contribution in [2.24, 2.45) is 0 Å². The first kappa shape index (κ1) is 28.7. The maximum atomic E-state index is 13.9. The molecule has 5 aromatic rings. The Morgan fingerprint density at radius 2 is 1.76 bits per heavy atom. The number of benzene rings is 3. The van der Waals surface area contributed by atoms with Crippen LogP contribution in [0.3, 0.4) is 0 Å². The van der Waals surface area contributed by atoms with Gasteiger partial charge in [-0.2, -0.15) is 0 Å². The molecule has 0 saturated heterocycles. The second kappa shape index (κ2) is 11.2. The number of aromatic nitrogens is 3. The predicted octanol–water partition coefficient (Wildman–Crippen LogP) is 6.47.